The van der Waals surface area contributed by atoms with Gasteiger partial charge in [-0.3, -0.25) is 9.36 Å². The van der Waals surface area contributed by atoms with E-state index in [-0.39, 0.29) is 11.7 Å². The largest absolute Gasteiger partial charge is 0.325 e. The van der Waals surface area contributed by atoms with Crippen LogP contribution in [0.15, 0.2) is 70.8 Å². The molecular weight excluding hydrogens is 436 g/mol. The lowest BCUT2D eigenvalue weighted by atomic mass is 10.1. The van der Waals surface area contributed by atoms with E-state index in [4.69, 9.17) is 0 Å². The molecule has 28 heavy (non-hydrogen) atoms. The van der Waals surface area contributed by atoms with Crippen molar-refractivity contribution in [1.29, 1.82) is 0 Å². The molecule has 0 fully saturated rings. The molecule has 0 saturated heterocycles. The zero-order chi connectivity index (χ0) is 19.9. The number of para-hydroxylation sites is 1. The molecule has 144 valence electrons. The lowest BCUT2D eigenvalue weighted by Crippen LogP contribution is -2.15. The molecule has 1 heterocycles. The Morgan fingerprint density at radius 2 is 1.96 bits per heavy atom. The fourth-order valence-corrected chi connectivity index (χ4v) is 3.78. The number of nitrogens with one attached hydrogen (secondary N) is 1. The normalized spacial score (nSPS) is 10.6. The number of aromatic nitrogens is 3. The van der Waals surface area contributed by atoms with Gasteiger partial charge in [0, 0.05) is 22.3 Å². The molecule has 0 aliphatic carbocycles. The number of aryl methyl sites for hydroxylation is 1. The summed E-state index contributed by atoms with van der Waals surface area (Å²) in [5.41, 5.74) is 2.94. The van der Waals surface area contributed by atoms with Gasteiger partial charge in [-0.2, -0.15) is 0 Å². The summed E-state index contributed by atoms with van der Waals surface area (Å²) in [7, 11) is 0. The molecule has 0 atom stereocenters. The zero-order valence-corrected chi connectivity index (χ0v) is 18.0. The molecule has 1 amide bonds. The van der Waals surface area contributed by atoms with Gasteiger partial charge in [0.25, 0.3) is 0 Å². The van der Waals surface area contributed by atoms with E-state index in [1.54, 1.807) is 6.08 Å². The number of rotatable bonds is 8. The Morgan fingerprint density at radius 1 is 1.21 bits per heavy atom. The second kappa shape index (κ2) is 9.71. The van der Waals surface area contributed by atoms with Gasteiger partial charge in [0.2, 0.25) is 5.91 Å². The van der Waals surface area contributed by atoms with E-state index < -0.39 is 0 Å². The van der Waals surface area contributed by atoms with Crippen LogP contribution >= 0.6 is 27.7 Å². The summed E-state index contributed by atoms with van der Waals surface area (Å²) in [6, 6.07) is 15.7. The first kappa shape index (κ1) is 20.4. The SMILES string of the molecule is C=CCn1c(SCC(=O)Nc2ccccc2CC)nnc1-c1ccc(Br)cc1. The number of thioether (sulfide) groups is 1. The first-order valence-corrected chi connectivity index (χ1v) is 10.7. The van der Waals surface area contributed by atoms with E-state index in [2.05, 4.69) is 44.9 Å². The van der Waals surface area contributed by atoms with Crippen molar-refractivity contribution in [3.8, 4) is 11.4 Å². The monoisotopic (exact) mass is 456 g/mol. The van der Waals surface area contributed by atoms with E-state index in [1.165, 1.54) is 11.8 Å². The van der Waals surface area contributed by atoms with Crippen molar-refractivity contribution < 1.29 is 4.79 Å². The van der Waals surface area contributed by atoms with Gasteiger partial charge in [0.1, 0.15) is 0 Å². The first-order valence-electron chi connectivity index (χ1n) is 8.93. The molecule has 1 N–H and O–H groups in total. The Balaban J connectivity index is 1.72. The van der Waals surface area contributed by atoms with E-state index in [0.29, 0.717) is 11.7 Å². The predicted octanol–water partition coefficient (Wildman–Crippen LogP) is 5.19. The Kier molecular flexibility index (Phi) is 7.06. The number of allylic oxidation sites excluding steroid dienone is 1. The Morgan fingerprint density at radius 3 is 2.68 bits per heavy atom. The van der Waals surface area contributed by atoms with Crippen LogP contribution in [0.4, 0.5) is 5.69 Å². The smallest absolute Gasteiger partial charge is 0.234 e. The fourth-order valence-electron chi connectivity index (χ4n) is 2.77. The zero-order valence-electron chi connectivity index (χ0n) is 15.6. The van der Waals surface area contributed by atoms with Gasteiger partial charge in [0.15, 0.2) is 11.0 Å². The highest BCUT2D eigenvalue weighted by Gasteiger charge is 2.15. The Labute approximate surface area is 177 Å². The molecule has 0 aliphatic heterocycles. The lowest BCUT2D eigenvalue weighted by molar-refractivity contribution is -0.113. The van der Waals surface area contributed by atoms with E-state index in [9.17, 15) is 4.79 Å². The molecule has 3 aromatic rings. The summed E-state index contributed by atoms with van der Waals surface area (Å²) in [4.78, 5) is 12.4. The third-order valence-corrected chi connectivity index (χ3v) is 5.63. The third-order valence-electron chi connectivity index (χ3n) is 4.14. The molecule has 0 saturated carbocycles. The first-order chi connectivity index (χ1) is 13.6. The number of halogens is 1. The quantitative estimate of drug-likeness (QED) is 0.374. The molecule has 3 rings (SSSR count). The molecule has 5 nitrogen and oxygen atoms in total. The number of benzene rings is 2. The summed E-state index contributed by atoms with van der Waals surface area (Å²) in [5, 5.41) is 12.3. The molecule has 7 heteroatoms. The van der Waals surface area contributed by atoms with Crippen molar-refractivity contribution in [3.05, 3.63) is 71.2 Å². The molecule has 0 radical (unpaired) electrons. The van der Waals surface area contributed by atoms with E-state index in [0.717, 1.165) is 33.5 Å². The van der Waals surface area contributed by atoms with Crippen LogP contribution in [0, 0.1) is 0 Å². The summed E-state index contributed by atoms with van der Waals surface area (Å²) >= 11 is 4.81. The molecule has 1 aromatic heterocycles. The van der Waals surface area contributed by atoms with Gasteiger partial charge in [-0.25, -0.2) is 0 Å². The van der Waals surface area contributed by atoms with Crippen LogP contribution in [-0.2, 0) is 17.8 Å². The number of carbonyl (C=O) groups is 1. The molecule has 0 unspecified atom stereocenters. The van der Waals surface area contributed by atoms with E-state index >= 15 is 0 Å². The second-order valence-electron chi connectivity index (χ2n) is 6.06. The molecular formula is C21H21BrN4OS. The minimum absolute atomic E-state index is 0.0655. The van der Waals surface area contributed by atoms with Gasteiger partial charge < -0.3 is 5.32 Å². The minimum atomic E-state index is -0.0655. The van der Waals surface area contributed by atoms with Crippen LogP contribution in [-0.4, -0.2) is 26.4 Å². The minimum Gasteiger partial charge on any atom is -0.325 e. The highest BCUT2D eigenvalue weighted by molar-refractivity contribution is 9.10. The van der Waals surface area contributed by atoms with Gasteiger partial charge in [-0.15, -0.1) is 16.8 Å². The van der Waals surface area contributed by atoms with Gasteiger partial charge in [-0.1, -0.05) is 71.0 Å². The summed E-state index contributed by atoms with van der Waals surface area (Å²) in [5.74, 6) is 0.948. The van der Waals surface area contributed by atoms with Crippen LogP contribution in [0.5, 0.6) is 0 Å². The maximum atomic E-state index is 12.4. The van der Waals surface area contributed by atoms with Crippen molar-refractivity contribution in [3.63, 3.8) is 0 Å². The number of amides is 1. The van der Waals surface area contributed by atoms with Crippen molar-refractivity contribution >= 4 is 39.3 Å². The molecule has 0 bridgehead atoms. The van der Waals surface area contributed by atoms with Crippen LogP contribution in [0.2, 0.25) is 0 Å². The molecule has 0 aliphatic rings. The second-order valence-corrected chi connectivity index (χ2v) is 7.92. The van der Waals surface area contributed by atoms with Crippen LogP contribution in [0.1, 0.15) is 12.5 Å². The number of carbonyl (C=O) groups excluding carboxylic acids is 1. The van der Waals surface area contributed by atoms with E-state index in [1.807, 2.05) is 53.1 Å². The fraction of sp³-hybridized carbons (Fsp3) is 0.190. The number of hydrogen-bond acceptors (Lipinski definition) is 4. The van der Waals surface area contributed by atoms with Crippen molar-refractivity contribution in [2.24, 2.45) is 0 Å². The number of hydrogen-bond donors (Lipinski definition) is 1. The highest BCUT2D eigenvalue weighted by atomic mass is 79.9. The average Bonchev–Trinajstić information content (AvgIpc) is 3.10. The van der Waals surface area contributed by atoms with Crippen molar-refractivity contribution in [2.45, 2.75) is 25.0 Å². The standard InChI is InChI=1S/C21H21BrN4OS/c1-3-13-26-20(16-9-11-17(22)12-10-16)24-25-21(26)28-14-19(27)23-18-8-6-5-7-15(18)4-2/h3,5-12H,1,4,13-14H2,2H3,(H,23,27). The summed E-state index contributed by atoms with van der Waals surface area (Å²) in [6.07, 6.45) is 2.67. The maximum absolute atomic E-state index is 12.4. The van der Waals surface area contributed by atoms with Crippen LogP contribution in [0.3, 0.4) is 0 Å². The van der Waals surface area contributed by atoms with Gasteiger partial charge >= 0.3 is 0 Å². The summed E-state index contributed by atoms with van der Waals surface area (Å²) < 4.78 is 2.97. The van der Waals surface area contributed by atoms with Crippen LogP contribution in [0.25, 0.3) is 11.4 Å². The Bertz CT molecular complexity index is 969. The maximum Gasteiger partial charge on any atom is 0.234 e. The summed E-state index contributed by atoms with van der Waals surface area (Å²) in [6.45, 7) is 6.46. The van der Waals surface area contributed by atoms with Gasteiger partial charge in [-0.05, 0) is 30.2 Å². The molecule has 0 spiro atoms. The third kappa shape index (κ3) is 4.91. The Hall–Kier alpha value is -2.38. The lowest BCUT2D eigenvalue weighted by Gasteiger charge is -2.10. The average molecular weight is 457 g/mol. The van der Waals surface area contributed by atoms with Gasteiger partial charge in [0.05, 0.1) is 5.75 Å². The predicted molar refractivity (Wildman–Crippen MR) is 119 cm³/mol. The number of anilines is 1. The van der Waals surface area contributed by atoms with Crippen LogP contribution < -0.4 is 5.32 Å². The highest BCUT2D eigenvalue weighted by Crippen LogP contribution is 2.25. The van der Waals surface area contributed by atoms with Crippen molar-refractivity contribution in [2.75, 3.05) is 11.1 Å². The molecule has 2 aromatic carbocycles. The van der Waals surface area contributed by atoms with Crippen molar-refractivity contribution in [1.82, 2.24) is 14.8 Å². The number of nitrogens with zero attached hydrogens (tertiary/aromatic N) is 3. The topological polar surface area (TPSA) is 59.8 Å².